The molecule has 2 rings (SSSR count). The van der Waals surface area contributed by atoms with Crippen LogP contribution >= 0.6 is 23.2 Å². The van der Waals surface area contributed by atoms with Crippen LogP contribution in [0.1, 0.15) is 15.9 Å². The van der Waals surface area contributed by atoms with Crippen molar-refractivity contribution < 1.29 is 19.1 Å². The summed E-state index contributed by atoms with van der Waals surface area (Å²) in [7, 11) is 1.42. The number of carbonyl (C=O) groups is 2. The van der Waals surface area contributed by atoms with Crippen LogP contribution < -0.4 is 20.3 Å². The molecule has 0 aliphatic carbocycles. The highest BCUT2D eigenvalue weighted by Crippen LogP contribution is 2.33. The second-order valence-corrected chi connectivity index (χ2v) is 5.90. The zero-order valence-corrected chi connectivity index (χ0v) is 15.1. The van der Waals surface area contributed by atoms with Gasteiger partial charge in [-0.05, 0) is 36.8 Å². The number of benzene rings is 2. The first-order chi connectivity index (χ1) is 11.9. The lowest BCUT2D eigenvalue weighted by Gasteiger charge is -2.11. The molecule has 0 spiro atoms. The first kappa shape index (κ1) is 18.9. The molecule has 0 aromatic heterocycles. The predicted molar refractivity (Wildman–Crippen MR) is 95.3 cm³/mol. The summed E-state index contributed by atoms with van der Waals surface area (Å²) >= 11 is 12.0. The Labute approximate surface area is 155 Å². The molecule has 0 aliphatic rings. The lowest BCUT2D eigenvalue weighted by atomic mass is 10.2. The van der Waals surface area contributed by atoms with Crippen molar-refractivity contribution in [2.24, 2.45) is 0 Å². The predicted octanol–water partition coefficient (Wildman–Crippen LogP) is 3.15. The molecule has 2 aromatic rings. The molecule has 0 fully saturated rings. The first-order valence-electron chi connectivity index (χ1n) is 7.22. The van der Waals surface area contributed by atoms with E-state index in [2.05, 4.69) is 10.9 Å². The van der Waals surface area contributed by atoms with Crippen LogP contribution in [0.5, 0.6) is 11.5 Å². The number of nitrogens with one attached hydrogen (secondary N) is 2. The molecule has 0 atom stereocenters. The van der Waals surface area contributed by atoms with Crippen LogP contribution in [-0.4, -0.2) is 25.5 Å². The van der Waals surface area contributed by atoms with E-state index < -0.39 is 11.8 Å². The molecule has 6 nitrogen and oxygen atoms in total. The van der Waals surface area contributed by atoms with Gasteiger partial charge in [-0.2, -0.15) is 0 Å². The zero-order chi connectivity index (χ0) is 18.4. The summed E-state index contributed by atoms with van der Waals surface area (Å²) in [6.07, 6.45) is 0. The van der Waals surface area contributed by atoms with Crippen molar-refractivity contribution in [3.63, 3.8) is 0 Å². The van der Waals surface area contributed by atoms with E-state index in [0.29, 0.717) is 5.75 Å². The van der Waals surface area contributed by atoms with Crippen molar-refractivity contribution in [1.82, 2.24) is 10.9 Å². The van der Waals surface area contributed by atoms with Gasteiger partial charge in [-0.1, -0.05) is 35.3 Å². The van der Waals surface area contributed by atoms with E-state index in [1.165, 1.54) is 19.2 Å². The number of methoxy groups -OCH3 is 1. The van der Waals surface area contributed by atoms with Crippen molar-refractivity contribution in [3.8, 4) is 11.5 Å². The van der Waals surface area contributed by atoms with Crippen molar-refractivity contribution >= 4 is 35.0 Å². The van der Waals surface area contributed by atoms with Crippen molar-refractivity contribution in [2.45, 2.75) is 6.92 Å². The van der Waals surface area contributed by atoms with Crippen LogP contribution in [0.3, 0.4) is 0 Å². The number of hydrogen-bond donors (Lipinski definition) is 2. The molecule has 2 amide bonds. The number of hydrogen-bond acceptors (Lipinski definition) is 4. The summed E-state index contributed by atoms with van der Waals surface area (Å²) in [4.78, 5) is 23.8. The van der Waals surface area contributed by atoms with Crippen molar-refractivity contribution in [3.05, 3.63) is 57.6 Å². The fraction of sp³-hybridized carbons (Fsp3) is 0.176. The van der Waals surface area contributed by atoms with Crippen LogP contribution in [0.2, 0.25) is 10.0 Å². The van der Waals surface area contributed by atoms with Crippen LogP contribution in [0.4, 0.5) is 0 Å². The molecule has 0 heterocycles. The van der Waals surface area contributed by atoms with Gasteiger partial charge in [0.15, 0.2) is 12.4 Å². The number of hydrazine groups is 1. The summed E-state index contributed by atoms with van der Waals surface area (Å²) in [5.74, 6) is -0.249. The van der Waals surface area contributed by atoms with E-state index in [4.69, 9.17) is 32.7 Å². The molecule has 25 heavy (non-hydrogen) atoms. The minimum Gasteiger partial charge on any atom is -0.494 e. The zero-order valence-electron chi connectivity index (χ0n) is 13.6. The second kappa shape index (κ2) is 8.60. The maximum absolute atomic E-state index is 12.0. The van der Waals surface area contributed by atoms with Gasteiger partial charge in [0.1, 0.15) is 5.75 Å². The van der Waals surface area contributed by atoms with Gasteiger partial charge in [0, 0.05) is 5.56 Å². The minimum absolute atomic E-state index is 0.177. The highest BCUT2D eigenvalue weighted by atomic mass is 35.5. The third-order valence-corrected chi connectivity index (χ3v) is 3.70. The quantitative estimate of drug-likeness (QED) is 0.778. The van der Waals surface area contributed by atoms with E-state index in [0.717, 1.165) is 5.56 Å². The van der Waals surface area contributed by atoms with E-state index in [1.54, 1.807) is 12.1 Å². The molecule has 0 radical (unpaired) electrons. The van der Waals surface area contributed by atoms with Gasteiger partial charge in [0.2, 0.25) is 0 Å². The highest BCUT2D eigenvalue weighted by molar-refractivity contribution is 6.37. The number of aryl methyl sites for hydroxylation is 1. The Balaban J connectivity index is 1.88. The van der Waals surface area contributed by atoms with E-state index in [9.17, 15) is 9.59 Å². The van der Waals surface area contributed by atoms with Gasteiger partial charge in [-0.25, -0.2) is 0 Å². The summed E-state index contributed by atoms with van der Waals surface area (Å²) in [5, 5.41) is 0.378. The first-order valence-corrected chi connectivity index (χ1v) is 7.98. The Morgan fingerprint density at radius 2 is 1.76 bits per heavy atom. The number of rotatable bonds is 5. The molecule has 0 aliphatic heterocycles. The molecular formula is C17H16Cl2N2O4. The third kappa shape index (κ3) is 5.27. The van der Waals surface area contributed by atoms with Crippen LogP contribution in [0, 0.1) is 6.92 Å². The molecule has 8 heteroatoms. The fourth-order valence-corrected chi connectivity index (χ4v) is 2.62. The lowest BCUT2D eigenvalue weighted by Crippen LogP contribution is -2.43. The number of halogens is 2. The Hall–Kier alpha value is -2.44. The van der Waals surface area contributed by atoms with Crippen LogP contribution in [-0.2, 0) is 4.79 Å². The summed E-state index contributed by atoms with van der Waals surface area (Å²) in [5.41, 5.74) is 5.70. The number of amides is 2. The maximum Gasteiger partial charge on any atom is 0.276 e. The third-order valence-electron chi connectivity index (χ3n) is 3.14. The van der Waals surface area contributed by atoms with Gasteiger partial charge in [-0.3, -0.25) is 20.4 Å². The Morgan fingerprint density at radius 1 is 1.08 bits per heavy atom. The van der Waals surface area contributed by atoms with E-state index in [-0.39, 0.29) is 28.0 Å². The van der Waals surface area contributed by atoms with Gasteiger partial charge in [-0.15, -0.1) is 0 Å². The average molecular weight is 383 g/mol. The summed E-state index contributed by atoms with van der Waals surface area (Å²) in [6.45, 7) is 1.67. The maximum atomic E-state index is 12.0. The molecule has 0 unspecified atom stereocenters. The van der Waals surface area contributed by atoms with Gasteiger partial charge >= 0.3 is 0 Å². The Morgan fingerprint density at radius 3 is 2.36 bits per heavy atom. The normalized spacial score (nSPS) is 10.1. The molecular weight excluding hydrogens is 367 g/mol. The van der Waals surface area contributed by atoms with E-state index in [1.807, 2.05) is 19.1 Å². The van der Waals surface area contributed by atoms with Crippen LogP contribution in [0.25, 0.3) is 0 Å². The minimum atomic E-state index is -0.574. The second-order valence-electron chi connectivity index (χ2n) is 5.08. The standard InChI is InChI=1S/C17H16Cl2N2O4/c1-10-4-3-5-12(6-10)25-9-15(22)20-21-17(23)11-7-13(18)16(24-2)14(19)8-11/h3-8H,9H2,1-2H3,(H,20,22)(H,21,23). The number of carbonyl (C=O) groups excluding carboxylic acids is 2. The lowest BCUT2D eigenvalue weighted by molar-refractivity contribution is -0.123. The average Bonchev–Trinajstić information content (AvgIpc) is 2.57. The van der Waals surface area contributed by atoms with E-state index >= 15 is 0 Å². The molecule has 0 saturated heterocycles. The topological polar surface area (TPSA) is 76.7 Å². The van der Waals surface area contributed by atoms with Gasteiger partial charge in [0.25, 0.3) is 11.8 Å². The smallest absolute Gasteiger partial charge is 0.276 e. The van der Waals surface area contributed by atoms with Crippen molar-refractivity contribution in [2.75, 3.05) is 13.7 Å². The van der Waals surface area contributed by atoms with Gasteiger partial charge in [0.05, 0.1) is 17.2 Å². The summed E-state index contributed by atoms with van der Waals surface area (Å²) in [6, 6.07) is 10.0. The monoisotopic (exact) mass is 382 g/mol. The summed E-state index contributed by atoms with van der Waals surface area (Å²) < 4.78 is 10.3. The molecule has 2 aromatic carbocycles. The molecule has 132 valence electrons. The highest BCUT2D eigenvalue weighted by Gasteiger charge is 2.14. The SMILES string of the molecule is COc1c(Cl)cc(C(=O)NNC(=O)COc2cccc(C)c2)cc1Cl. The Kier molecular flexibility index (Phi) is 6.50. The van der Waals surface area contributed by atoms with Crippen molar-refractivity contribution in [1.29, 1.82) is 0 Å². The molecule has 2 N–H and O–H groups in total. The number of ether oxygens (including phenoxy) is 2. The molecule has 0 bridgehead atoms. The Bertz CT molecular complexity index is 773. The van der Waals surface area contributed by atoms with Crippen LogP contribution in [0.15, 0.2) is 36.4 Å². The van der Waals surface area contributed by atoms with Gasteiger partial charge < -0.3 is 9.47 Å². The fourth-order valence-electron chi connectivity index (χ4n) is 1.97. The largest absolute Gasteiger partial charge is 0.494 e. The molecule has 0 saturated carbocycles.